The molecule has 0 fully saturated rings. The molecule has 2 aliphatic rings. The van der Waals surface area contributed by atoms with E-state index in [-0.39, 0.29) is 110 Å². The Morgan fingerprint density at radius 3 is 0.907 bits per heavy atom. The van der Waals surface area contributed by atoms with E-state index < -0.39 is 56.8 Å². The van der Waals surface area contributed by atoms with Crippen molar-refractivity contribution in [2.45, 2.75) is 37.6 Å². The van der Waals surface area contributed by atoms with E-state index in [0.29, 0.717) is 32.0 Å². The Bertz CT molecular complexity index is 4560. The molecule has 0 amide bonds. The van der Waals surface area contributed by atoms with E-state index in [9.17, 15) is 19.2 Å². The second kappa shape index (κ2) is 21.5. The van der Waals surface area contributed by atoms with E-state index in [1.54, 1.807) is 146 Å². The van der Waals surface area contributed by atoms with Crippen LogP contribution >= 0.6 is 45.3 Å². The Labute approximate surface area is 500 Å². The molecule has 6 heterocycles. The topological polar surface area (TPSA) is 217 Å². The Morgan fingerprint density at radius 2 is 0.628 bits per heavy atom. The zero-order valence-electron chi connectivity index (χ0n) is 44.4. The van der Waals surface area contributed by atoms with Crippen molar-refractivity contribution in [3.8, 4) is 31.0 Å². The van der Waals surface area contributed by atoms with Crippen molar-refractivity contribution >= 4 is 110 Å². The summed E-state index contributed by atoms with van der Waals surface area (Å²) in [7, 11) is 0. The van der Waals surface area contributed by atoms with E-state index in [1.807, 2.05) is 0 Å². The second-order valence-electron chi connectivity index (χ2n) is 20.0. The third-order valence-electron chi connectivity index (χ3n) is 14.7. The van der Waals surface area contributed by atoms with E-state index in [4.69, 9.17) is 28.4 Å². The maximum absolute atomic E-state index is 15.4. The van der Waals surface area contributed by atoms with Gasteiger partial charge in [-0.3, -0.25) is 19.2 Å². The molecule has 0 bridgehead atoms. The van der Waals surface area contributed by atoms with Crippen molar-refractivity contribution in [1.29, 1.82) is 0 Å². The van der Waals surface area contributed by atoms with Crippen molar-refractivity contribution < 1.29 is 47.6 Å². The fourth-order valence-electron chi connectivity index (χ4n) is 10.5. The molecule has 420 valence electrons. The van der Waals surface area contributed by atoms with Gasteiger partial charge in [-0.15, -0.1) is 45.3 Å². The Kier molecular flexibility index (Phi) is 13.5. The van der Waals surface area contributed by atoms with Gasteiger partial charge in [0.1, 0.15) is 36.4 Å². The molecule has 0 saturated carbocycles. The van der Waals surface area contributed by atoms with E-state index in [1.165, 1.54) is 36.4 Å². The molecule has 2 aliphatic heterocycles. The first-order valence-electron chi connectivity index (χ1n) is 26.6. The van der Waals surface area contributed by atoms with Gasteiger partial charge >= 0.3 is 35.1 Å². The molecule has 12 aromatic rings. The molecule has 0 radical (unpaired) electrons. The summed E-state index contributed by atoms with van der Waals surface area (Å²) in [4.78, 5) is 127. The third-order valence-corrected chi connectivity index (χ3v) is 19.6. The monoisotopic (exact) mass is 1210 g/mol. The maximum atomic E-state index is 15.4. The molecule has 0 saturated heterocycles. The average Bonchev–Trinajstić information content (AvgIpc) is 1.54. The summed E-state index contributed by atoms with van der Waals surface area (Å²) < 4.78 is 38.7. The first-order valence-corrected chi connectivity index (χ1v) is 29.8. The molecule has 0 aliphatic carbocycles. The summed E-state index contributed by atoms with van der Waals surface area (Å²) in [5.74, 6) is -4.77. The number of carbonyl (C=O) groups excluding carboxylic acids is 4. The summed E-state index contributed by atoms with van der Waals surface area (Å²) in [5, 5.41) is -0.0254. The minimum Gasteiger partial charge on any atom is -0.457 e. The normalized spacial score (nSPS) is 13.3. The van der Waals surface area contributed by atoms with Gasteiger partial charge in [-0.2, -0.15) is 0 Å². The van der Waals surface area contributed by atoms with E-state index in [2.05, 4.69) is 9.98 Å². The van der Waals surface area contributed by atoms with Crippen molar-refractivity contribution in [1.82, 2.24) is 0 Å². The molecule has 20 heteroatoms. The highest BCUT2D eigenvalue weighted by Crippen LogP contribution is 2.65. The Balaban J connectivity index is 0.994. The molecule has 8 aromatic carbocycles. The van der Waals surface area contributed by atoms with Crippen molar-refractivity contribution in [3.05, 3.63) is 267 Å². The number of hydrogen-bond donors (Lipinski definition) is 0. The number of esters is 4. The molecule has 86 heavy (non-hydrogen) atoms. The minimum atomic E-state index is -2.76. The predicted octanol–water partition coefficient (Wildman–Crippen LogP) is 10.5. The van der Waals surface area contributed by atoms with Gasteiger partial charge in [-0.1, -0.05) is 170 Å². The lowest BCUT2D eigenvalue weighted by atomic mass is 9.90. The summed E-state index contributed by atoms with van der Waals surface area (Å²) in [6.07, 6.45) is 0. The molecular weight excluding hydrogens is 1170 g/mol. The molecular formula is C66H38N2O14S4. The highest BCUT2D eigenvalue weighted by Gasteiger charge is 2.62. The summed E-state index contributed by atoms with van der Waals surface area (Å²) in [6.45, 7) is -1.22. The SMILES string of the molecule is O=C(OCc1ccccc1)C1(C(=O)OCc2ccccc2)Oc2c(sc3c4c(sc23)-c2sc(N=c3c(=O)c5ccccc5c3=O)cc2C(C(=O)OCc2ccccc2)(C(=O)OCc2ccccc2)O4)-c2sc(N=c3c(=O)c4ccccc4c3=O)cc21. The standard InChI is InChI=1S/C66H38N2O14S4/c69-49-39-25-13-14-26-40(39)50(70)47(49)67-45-29-43-55(83-45)57-53(81-65(43,61(73)77-31-35-17-5-1-6-18-35)62(74)78-32-36-19-7-2-8-20-36)59-60(85-57)54-58(86-59)56-44(30-46(84-56)68-48-51(71)41-27-15-16-28-42(41)52(48)72)66(82-54,63(75)79-33-37-21-9-3-10-22-37)64(76)80-34-38-23-11-4-12-24-38/h1-30H,31-34H2. The van der Waals surface area contributed by atoms with Crippen LogP contribution in [0.15, 0.2) is 211 Å². The first-order chi connectivity index (χ1) is 41.9. The average molecular weight is 1210 g/mol. The number of benzene rings is 6. The van der Waals surface area contributed by atoms with Crippen molar-refractivity contribution in [3.63, 3.8) is 0 Å². The van der Waals surface area contributed by atoms with Crippen molar-refractivity contribution in [2.24, 2.45) is 9.98 Å². The summed E-state index contributed by atoms with van der Waals surface area (Å²) in [6, 6.07) is 50.5. The van der Waals surface area contributed by atoms with Crippen LogP contribution in [-0.4, -0.2) is 23.9 Å². The number of nitrogens with zero attached hydrogens (tertiary/aromatic N) is 2. The van der Waals surface area contributed by atoms with Crippen LogP contribution in [0.25, 0.3) is 50.5 Å². The van der Waals surface area contributed by atoms with Gasteiger partial charge in [0, 0.05) is 32.7 Å². The summed E-state index contributed by atoms with van der Waals surface area (Å²) in [5.41, 5.74) is -5.81. The van der Waals surface area contributed by atoms with Gasteiger partial charge in [0.05, 0.1) is 28.9 Å². The van der Waals surface area contributed by atoms with Gasteiger partial charge in [0.15, 0.2) is 22.2 Å². The predicted molar refractivity (Wildman–Crippen MR) is 324 cm³/mol. The molecule has 4 aromatic heterocycles. The quantitative estimate of drug-likeness (QED) is 0.0562. The lowest BCUT2D eigenvalue weighted by Crippen LogP contribution is -2.52. The first kappa shape index (κ1) is 53.9. The lowest BCUT2D eigenvalue weighted by molar-refractivity contribution is -0.185. The van der Waals surface area contributed by atoms with Gasteiger partial charge < -0.3 is 28.4 Å². The number of rotatable bonds is 14. The molecule has 14 rings (SSSR count). The largest absolute Gasteiger partial charge is 0.457 e. The van der Waals surface area contributed by atoms with Gasteiger partial charge in [0.25, 0.3) is 0 Å². The molecule has 0 N–H and O–H groups in total. The Hall–Kier alpha value is -10.1. The van der Waals surface area contributed by atoms with Crippen LogP contribution in [0.3, 0.4) is 0 Å². The fourth-order valence-corrected chi connectivity index (χ4v) is 15.5. The number of hydrogen-bond acceptors (Lipinski definition) is 20. The number of ether oxygens (including phenoxy) is 6. The van der Waals surface area contributed by atoms with Crippen LogP contribution in [0.2, 0.25) is 0 Å². The smallest absolute Gasteiger partial charge is 0.367 e. The van der Waals surface area contributed by atoms with Crippen LogP contribution in [0.1, 0.15) is 33.4 Å². The second-order valence-corrected chi connectivity index (χ2v) is 24.1. The van der Waals surface area contributed by atoms with Crippen LogP contribution in [0.4, 0.5) is 10.0 Å². The van der Waals surface area contributed by atoms with Gasteiger partial charge in [0.2, 0.25) is 21.7 Å². The Morgan fingerprint density at radius 1 is 0.360 bits per heavy atom. The third kappa shape index (κ3) is 8.91. The van der Waals surface area contributed by atoms with Gasteiger partial charge in [-0.05, 0) is 34.4 Å². The fraction of sp³-hybridized carbons (Fsp3) is 0.0909. The number of thiophene rings is 4. The zero-order valence-corrected chi connectivity index (χ0v) is 47.7. The lowest BCUT2D eigenvalue weighted by Gasteiger charge is -2.33. The highest BCUT2D eigenvalue weighted by atomic mass is 32.1. The van der Waals surface area contributed by atoms with Crippen molar-refractivity contribution in [2.75, 3.05) is 0 Å². The molecule has 0 unspecified atom stereocenters. The maximum Gasteiger partial charge on any atom is 0.367 e. The molecule has 16 nitrogen and oxygen atoms in total. The molecule has 0 atom stereocenters. The molecule has 0 spiro atoms. The number of fused-ring (bicyclic) bond motifs is 11. The number of carbonyl (C=O) groups is 4. The van der Waals surface area contributed by atoms with Crippen LogP contribution < -0.4 is 41.9 Å². The van der Waals surface area contributed by atoms with Crippen LogP contribution in [-0.2, 0) is 75.8 Å². The van der Waals surface area contributed by atoms with Gasteiger partial charge in [-0.25, -0.2) is 29.2 Å². The van der Waals surface area contributed by atoms with Crippen LogP contribution in [0, 0.1) is 0 Å². The zero-order chi connectivity index (χ0) is 58.8. The van der Waals surface area contributed by atoms with E-state index >= 15 is 19.2 Å². The minimum absolute atomic E-state index is 0.0299. The van der Waals surface area contributed by atoms with E-state index in [0.717, 1.165) is 45.3 Å². The van der Waals surface area contributed by atoms with Crippen LogP contribution in [0.5, 0.6) is 11.5 Å². The summed E-state index contributed by atoms with van der Waals surface area (Å²) >= 11 is 4.06. The highest BCUT2D eigenvalue weighted by molar-refractivity contribution is 7.35.